The van der Waals surface area contributed by atoms with Crippen molar-refractivity contribution in [3.63, 3.8) is 0 Å². The Balaban J connectivity index is 1.70. The van der Waals surface area contributed by atoms with Crippen molar-refractivity contribution in [1.82, 2.24) is 4.90 Å². The second-order valence-electron chi connectivity index (χ2n) is 6.20. The number of rotatable bonds is 4. The highest BCUT2D eigenvalue weighted by molar-refractivity contribution is 5.88. The van der Waals surface area contributed by atoms with Gasteiger partial charge in [0, 0.05) is 13.1 Å². The van der Waals surface area contributed by atoms with Crippen LogP contribution in [0.4, 0.5) is 0 Å². The van der Waals surface area contributed by atoms with Gasteiger partial charge in [-0.05, 0) is 47.2 Å². The summed E-state index contributed by atoms with van der Waals surface area (Å²) in [5.41, 5.74) is 4.63. The molecule has 0 fully saturated rings. The van der Waals surface area contributed by atoms with Gasteiger partial charge in [-0.3, -0.25) is 4.79 Å². The van der Waals surface area contributed by atoms with Gasteiger partial charge in [-0.1, -0.05) is 37.3 Å². The maximum atomic E-state index is 12.6. The molecule has 4 nitrogen and oxygen atoms in total. The zero-order chi connectivity index (χ0) is 17.1. The van der Waals surface area contributed by atoms with E-state index in [1.807, 2.05) is 23.1 Å². The average Bonchev–Trinajstić information content (AvgIpc) is 2.61. The molecule has 0 unspecified atom stereocenters. The van der Waals surface area contributed by atoms with Crippen LogP contribution in [-0.2, 0) is 30.6 Å². The van der Waals surface area contributed by atoms with Crippen LogP contribution in [0.2, 0.25) is 0 Å². The predicted octanol–water partition coefficient (Wildman–Crippen LogP) is 3.07. The van der Waals surface area contributed by atoms with Crippen molar-refractivity contribution in [2.45, 2.75) is 32.7 Å². The summed E-state index contributed by atoms with van der Waals surface area (Å²) in [4.78, 5) is 25.5. The van der Waals surface area contributed by atoms with Crippen LogP contribution in [0.5, 0.6) is 0 Å². The normalized spacial score (nSPS) is 13.5. The van der Waals surface area contributed by atoms with Crippen molar-refractivity contribution in [3.8, 4) is 0 Å². The maximum Gasteiger partial charge on any atom is 0.335 e. The van der Waals surface area contributed by atoms with Crippen LogP contribution in [0.15, 0.2) is 42.5 Å². The Kier molecular flexibility index (Phi) is 4.65. The highest BCUT2D eigenvalue weighted by Crippen LogP contribution is 2.21. The minimum atomic E-state index is -0.933. The molecule has 1 heterocycles. The molecule has 2 aromatic carbocycles. The molecule has 0 radical (unpaired) electrons. The third-order valence-electron chi connectivity index (χ3n) is 4.60. The number of nitrogens with zero attached hydrogens (tertiary/aromatic N) is 1. The lowest BCUT2D eigenvalue weighted by Gasteiger charge is -2.29. The number of aromatic carboxylic acids is 1. The summed E-state index contributed by atoms with van der Waals surface area (Å²) < 4.78 is 0. The number of aryl methyl sites for hydroxylation is 1. The van der Waals surface area contributed by atoms with Crippen LogP contribution in [0.25, 0.3) is 0 Å². The molecule has 0 saturated carbocycles. The lowest BCUT2D eigenvalue weighted by molar-refractivity contribution is -0.131. The van der Waals surface area contributed by atoms with Crippen LogP contribution in [-0.4, -0.2) is 28.4 Å². The predicted molar refractivity (Wildman–Crippen MR) is 92.0 cm³/mol. The fourth-order valence-corrected chi connectivity index (χ4v) is 3.08. The van der Waals surface area contributed by atoms with Gasteiger partial charge in [-0.2, -0.15) is 0 Å². The number of hydrogen-bond donors (Lipinski definition) is 1. The first-order chi connectivity index (χ1) is 11.6. The van der Waals surface area contributed by atoms with E-state index in [9.17, 15) is 9.59 Å². The fraction of sp³-hybridized carbons (Fsp3) is 0.300. The first kappa shape index (κ1) is 16.2. The zero-order valence-corrected chi connectivity index (χ0v) is 13.8. The fourth-order valence-electron chi connectivity index (χ4n) is 3.08. The highest BCUT2D eigenvalue weighted by Gasteiger charge is 2.21. The van der Waals surface area contributed by atoms with Crippen LogP contribution in [0.1, 0.15) is 39.5 Å². The van der Waals surface area contributed by atoms with Crippen molar-refractivity contribution in [1.29, 1.82) is 0 Å². The molecule has 4 heteroatoms. The van der Waals surface area contributed by atoms with Crippen LogP contribution in [0.3, 0.4) is 0 Å². The van der Waals surface area contributed by atoms with Crippen molar-refractivity contribution < 1.29 is 14.7 Å². The standard InChI is InChI=1S/C20H21NO3/c1-2-14-3-5-15(6-4-14)11-19(22)21-10-9-16-7-8-17(20(23)24)12-18(16)13-21/h3-8,12H,2,9-11,13H2,1H3,(H,23,24). The van der Waals surface area contributed by atoms with E-state index in [2.05, 4.69) is 19.1 Å². The van der Waals surface area contributed by atoms with E-state index in [0.717, 1.165) is 29.5 Å². The minimum Gasteiger partial charge on any atom is -0.478 e. The Morgan fingerprint density at radius 1 is 1.04 bits per heavy atom. The van der Waals surface area contributed by atoms with Gasteiger partial charge in [-0.15, -0.1) is 0 Å². The summed E-state index contributed by atoms with van der Waals surface area (Å²) in [6.45, 7) is 3.28. The number of carboxylic acids is 1. The van der Waals surface area contributed by atoms with E-state index in [-0.39, 0.29) is 11.5 Å². The Hall–Kier alpha value is -2.62. The second kappa shape index (κ2) is 6.87. The van der Waals surface area contributed by atoms with Crippen molar-refractivity contribution in [2.75, 3.05) is 6.54 Å². The zero-order valence-electron chi connectivity index (χ0n) is 13.8. The number of benzene rings is 2. The molecular weight excluding hydrogens is 302 g/mol. The van der Waals surface area contributed by atoms with Gasteiger partial charge in [0.25, 0.3) is 0 Å². The van der Waals surface area contributed by atoms with Gasteiger partial charge < -0.3 is 10.0 Å². The topological polar surface area (TPSA) is 57.6 Å². The third-order valence-corrected chi connectivity index (χ3v) is 4.60. The smallest absolute Gasteiger partial charge is 0.335 e. The van der Waals surface area contributed by atoms with Gasteiger partial charge >= 0.3 is 5.97 Å². The van der Waals surface area contributed by atoms with E-state index < -0.39 is 5.97 Å². The third kappa shape index (κ3) is 3.48. The van der Waals surface area contributed by atoms with Crippen LogP contribution < -0.4 is 0 Å². The number of hydrogen-bond acceptors (Lipinski definition) is 2. The Bertz CT molecular complexity index is 765. The second-order valence-corrected chi connectivity index (χ2v) is 6.20. The summed E-state index contributed by atoms with van der Waals surface area (Å²) >= 11 is 0. The molecule has 1 N–H and O–H groups in total. The summed E-state index contributed by atoms with van der Waals surface area (Å²) in [6, 6.07) is 13.3. The van der Waals surface area contributed by atoms with Gasteiger partial charge in [-0.25, -0.2) is 4.79 Å². The summed E-state index contributed by atoms with van der Waals surface area (Å²) in [7, 11) is 0. The number of carbonyl (C=O) groups is 2. The van der Waals surface area contributed by atoms with Crippen molar-refractivity contribution >= 4 is 11.9 Å². The molecule has 124 valence electrons. The van der Waals surface area contributed by atoms with Gasteiger partial charge in [0.2, 0.25) is 5.91 Å². The van der Waals surface area contributed by atoms with E-state index >= 15 is 0 Å². The first-order valence-electron chi connectivity index (χ1n) is 8.27. The number of fused-ring (bicyclic) bond motifs is 1. The molecule has 1 aliphatic rings. The number of carbonyl (C=O) groups excluding carboxylic acids is 1. The lowest BCUT2D eigenvalue weighted by Crippen LogP contribution is -2.37. The van der Waals surface area contributed by atoms with Gasteiger partial charge in [0.1, 0.15) is 0 Å². The Labute approximate surface area is 141 Å². The van der Waals surface area contributed by atoms with Crippen LogP contribution >= 0.6 is 0 Å². The van der Waals surface area contributed by atoms with Crippen molar-refractivity contribution in [2.24, 2.45) is 0 Å². The monoisotopic (exact) mass is 323 g/mol. The SMILES string of the molecule is CCc1ccc(CC(=O)N2CCc3ccc(C(=O)O)cc3C2)cc1. The molecular formula is C20H21NO3. The molecule has 2 aromatic rings. The lowest BCUT2D eigenvalue weighted by atomic mass is 9.97. The molecule has 0 spiro atoms. The first-order valence-corrected chi connectivity index (χ1v) is 8.27. The largest absolute Gasteiger partial charge is 0.478 e. The van der Waals surface area contributed by atoms with Gasteiger partial charge in [0.15, 0.2) is 0 Å². The number of amides is 1. The summed E-state index contributed by atoms with van der Waals surface area (Å²) in [6.07, 6.45) is 2.15. The van der Waals surface area contributed by atoms with Crippen molar-refractivity contribution in [3.05, 3.63) is 70.3 Å². The van der Waals surface area contributed by atoms with E-state index in [4.69, 9.17) is 5.11 Å². The maximum absolute atomic E-state index is 12.6. The molecule has 0 saturated heterocycles. The minimum absolute atomic E-state index is 0.0885. The quantitative estimate of drug-likeness (QED) is 0.941. The Morgan fingerprint density at radius 2 is 1.75 bits per heavy atom. The number of carboxylic acid groups (broad SMARTS) is 1. The van der Waals surface area contributed by atoms with Crippen LogP contribution in [0, 0.1) is 0 Å². The van der Waals surface area contributed by atoms with E-state index in [0.29, 0.717) is 19.5 Å². The molecule has 3 rings (SSSR count). The molecule has 0 aliphatic carbocycles. The van der Waals surface area contributed by atoms with Gasteiger partial charge in [0.05, 0.1) is 12.0 Å². The summed E-state index contributed by atoms with van der Waals surface area (Å²) in [5.74, 6) is -0.845. The molecule has 1 amide bonds. The molecule has 0 atom stereocenters. The highest BCUT2D eigenvalue weighted by atomic mass is 16.4. The Morgan fingerprint density at radius 3 is 2.42 bits per heavy atom. The van der Waals surface area contributed by atoms with E-state index in [1.54, 1.807) is 12.1 Å². The average molecular weight is 323 g/mol. The summed E-state index contributed by atoms with van der Waals surface area (Å²) in [5, 5.41) is 9.12. The molecule has 0 bridgehead atoms. The van der Waals surface area contributed by atoms with E-state index in [1.165, 1.54) is 5.56 Å². The molecule has 24 heavy (non-hydrogen) atoms. The molecule has 0 aromatic heterocycles. The molecule has 1 aliphatic heterocycles.